The number of fused-ring (bicyclic) bond motifs is 1. The van der Waals surface area contributed by atoms with E-state index in [1.165, 1.54) is 32.1 Å². The van der Waals surface area contributed by atoms with Gasteiger partial charge in [-0.05, 0) is 43.7 Å². The molecule has 0 amide bonds. The van der Waals surface area contributed by atoms with Crippen LogP contribution in [0.1, 0.15) is 32.1 Å². The number of hydrogen-bond acceptors (Lipinski definition) is 7. The number of thiazole rings is 1. The van der Waals surface area contributed by atoms with E-state index in [0.717, 1.165) is 27.8 Å². The first kappa shape index (κ1) is 18.3. The summed E-state index contributed by atoms with van der Waals surface area (Å²) in [6.07, 6.45) is 9.82. The molecule has 1 aromatic carbocycles. The summed E-state index contributed by atoms with van der Waals surface area (Å²) in [6, 6.07) is 5.74. The van der Waals surface area contributed by atoms with Gasteiger partial charge in [-0.3, -0.25) is 0 Å². The standard InChI is InChI=1S/C19H25N5OS/c1-22-17(20)9-10-18(21)25-14-7-8-15-16(11-14)26-19(24-15)23-12-13-5-3-2-4-6-13/h7-11,13H,1-6,12,20-21H2,(H,23,24)/b17-9-,18-10+. The first-order valence-corrected chi connectivity index (χ1v) is 9.67. The number of benzene rings is 1. The minimum atomic E-state index is 0.233. The summed E-state index contributed by atoms with van der Waals surface area (Å²) < 4.78 is 6.68. The maximum Gasteiger partial charge on any atom is 0.190 e. The minimum absolute atomic E-state index is 0.233. The molecule has 2 aromatic rings. The lowest BCUT2D eigenvalue weighted by Gasteiger charge is -2.21. The van der Waals surface area contributed by atoms with E-state index in [2.05, 4.69) is 22.0 Å². The van der Waals surface area contributed by atoms with E-state index < -0.39 is 0 Å². The summed E-state index contributed by atoms with van der Waals surface area (Å²) in [6.45, 7) is 4.34. The first-order valence-electron chi connectivity index (χ1n) is 8.86. The van der Waals surface area contributed by atoms with Crippen molar-refractivity contribution >= 4 is 33.4 Å². The average Bonchev–Trinajstić information content (AvgIpc) is 3.07. The van der Waals surface area contributed by atoms with Gasteiger partial charge in [-0.25, -0.2) is 9.98 Å². The van der Waals surface area contributed by atoms with Crippen molar-refractivity contribution in [2.45, 2.75) is 32.1 Å². The number of aliphatic imine (C=N–C) groups is 1. The van der Waals surface area contributed by atoms with Crippen molar-refractivity contribution in [3.63, 3.8) is 0 Å². The van der Waals surface area contributed by atoms with Crippen molar-refractivity contribution in [2.75, 3.05) is 11.9 Å². The van der Waals surface area contributed by atoms with Gasteiger partial charge in [0.25, 0.3) is 0 Å². The van der Waals surface area contributed by atoms with Crippen LogP contribution >= 0.6 is 11.3 Å². The Labute approximate surface area is 157 Å². The minimum Gasteiger partial charge on any atom is -0.442 e. The highest BCUT2D eigenvalue weighted by molar-refractivity contribution is 7.22. The zero-order chi connectivity index (χ0) is 18.4. The van der Waals surface area contributed by atoms with Crippen molar-refractivity contribution in [3.8, 4) is 5.75 Å². The van der Waals surface area contributed by atoms with Crippen LogP contribution in [0.5, 0.6) is 5.75 Å². The molecule has 0 saturated heterocycles. The largest absolute Gasteiger partial charge is 0.442 e. The predicted molar refractivity (Wildman–Crippen MR) is 109 cm³/mol. The highest BCUT2D eigenvalue weighted by atomic mass is 32.1. The Hall–Kier alpha value is -2.54. The van der Waals surface area contributed by atoms with Crippen molar-refractivity contribution in [3.05, 3.63) is 42.1 Å². The maximum atomic E-state index is 5.84. The fraction of sp³-hybridized carbons (Fsp3) is 0.368. The van der Waals surface area contributed by atoms with Gasteiger partial charge in [0.1, 0.15) is 11.6 Å². The molecule has 3 rings (SSSR count). The van der Waals surface area contributed by atoms with E-state index in [-0.39, 0.29) is 11.7 Å². The monoisotopic (exact) mass is 371 g/mol. The molecule has 0 bridgehead atoms. The molecule has 1 aliphatic carbocycles. The molecule has 1 aliphatic rings. The fourth-order valence-electron chi connectivity index (χ4n) is 3.06. The summed E-state index contributed by atoms with van der Waals surface area (Å²) in [5, 5.41) is 4.45. The third kappa shape index (κ3) is 4.98. The molecule has 1 aromatic heterocycles. The summed E-state index contributed by atoms with van der Waals surface area (Å²) >= 11 is 1.63. The molecular formula is C19H25N5OS. The van der Waals surface area contributed by atoms with E-state index >= 15 is 0 Å². The number of allylic oxidation sites excluding steroid dienone is 2. The van der Waals surface area contributed by atoms with Gasteiger partial charge in [0.2, 0.25) is 0 Å². The quantitative estimate of drug-likeness (QED) is 0.389. The number of nitrogens with one attached hydrogen (secondary N) is 1. The highest BCUT2D eigenvalue weighted by Gasteiger charge is 2.14. The lowest BCUT2D eigenvalue weighted by Crippen LogP contribution is -2.16. The third-order valence-electron chi connectivity index (χ3n) is 4.46. The van der Waals surface area contributed by atoms with Crippen LogP contribution in [0.25, 0.3) is 10.2 Å². The number of rotatable bonds is 7. The number of nitrogens with two attached hydrogens (primary N) is 2. The van der Waals surface area contributed by atoms with Crippen LogP contribution in [0.3, 0.4) is 0 Å². The van der Waals surface area contributed by atoms with Crippen LogP contribution in [0.15, 0.2) is 47.0 Å². The normalized spacial score (nSPS) is 16.6. The zero-order valence-electron chi connectivity index (χ0n) is 14.8. The predicted octanol–water partition coefficient (Wildman–Crippen LogP) is 3.97. The topological polar surface area (TPSA) is 98.5 Å². The first-order chi connectivity index (χ1) is 12.6. The number of anilines is 1. The van der Waals surface area contributed by atoms with Crippen LogP contribution < -0.4 is 21.5 Å². The molecule has 26 heavy (non-hydrogen) atoms. The Balaban J connectivity index is 1.64. The second-order valence-electron chi connectivity index (χ2n) is 6.45. The molecule has 0 unspecified atom stereocenters. The number of nitrogens with zero attached hydrogens (tertiary/aromatic N) is 2. The molecule has 0 aliphatic heterocycles. The molecule has 1 heterocycles. The van der Waals surface area contributed by atoms with Gasteiger partial charge in [0, 0.05) is 18.7 Å². The van der Waals surface area contributed by atoms with Gasteiger partial charge in [-0.15, -0.1) is 0 Å². The molecule has 138 valence electrons. The summed E-state index contributed by atoms with van der Waals surface area (Å²) in [4.78, 5) is 8.23. The van der Waals surface area contributed by atoms with E-state index in [9.17, 15) is 0 Å². The van der Waals surface area contributed by atoms with Gasteiger partial charge in [-0.2, -0.15) is 0 Å². The molecular weight excluding hydrogens is 346 g/mol. The van der Waals surface area contributed by atoms with Gasteiger partial charge in [0.05, 0.1) is 10.2 Å². The lowest BCUT2D eigenvalue weighted by molar-refractivity contribution is 0.373. The highest BCUT2D eigenvalue weighted by Crippen LogP contribution is 2.30. The number of ether oxygens (including phenoxy) is 1. The smallest absolute Gasteiger partial charge is 0.190 e. The van der Waals surface area contributed by atoms with Crippen molar-refractivity contribution in [2.24, 2.45) is 22.4 Å². The van der Waals surface area contributed by atoms with Crippen molar-refractivity contribution in [1.82, 2.24) is 4.98 Å². The maximum absolute atomic E-state index is 5.84. The SMILES string of the molecule is C=N/C(N)=C\C=C(/N)Oc1ccc2nc(NCC3CCCCC3)sc2c1. The van der Waals surface area contributed by atoms with Crippen molar-refractivity contribution < 1.29 is 4.74 Å². The Morgan fingerprint density at radius 1 is 1.31 bits per heavy atom. The van der Waals surface area contributed by atoms with E-state index in [0.29, 0.717) is 5.75 Å². The molecule has 0 atom stereocenters. The molecule has 1 saturated carbocycles. The summed E-state index contributed by atoms with van der Waals surface area (Å²) in [5.41, 5.74) is 12.3. The van der Waals surface area contributed by atoms with Gasteiger partial charge in [0.15, 0.2) is 11.0 Å². The third-order valence-corrected chi connectivity index (χ3v) is 5.44. The molecule has 0 spiro atoms. The van der Waals surface area contributed by atoms with Gasteiger partial charge >= 0.3 is 0 Å². The second kappa shape index (κ2) is 8.71. The molecule has 5 N–H and O–H groups in total. The van der Waals surface area contributed by atoms with E-state index in [1.807, 2.05) is 18.2 Å². The van der Waals surface area contributed by atoms with Gasteiger partial charge < -0.3 is 21.5 Å². The van der Waals surface area contributed by atoms with Crippen LogP contribution in [0, 0.1) is 5.92 Å². The van der Waals surface area contributed by atoms with E-state index in [4.69, 9.17) is 16.2 Å². The molecule has 7 heteroatoms. The number of hydrogen-bond donors (Lipinski definition) is 3. The van der Waals surface area contributed by atoms with Crippen LogP contribution in [-0.4, -0.2) is 18.2 Å². The lowest BCUT2D eigenvalue weighted by atomic mass is 9.89. The Morgan fingerprint density at radius 2 is 2.12 bits per heavy atom. The van der Waals surface area contributed by atoms with Gasteiger partial charge in [-0.1, -0.05) is 30.6 Å². The molecule has 1 fully saturated rings. The van der Waals surface area contributed by atoms with Crippen LogP contribution in [0.2, 0.25) is 0 Å². The molecule has 6 nitrogen and oxygen atoms in total. The average molecular weight is 372 g/mol. The number of aromatic nitrogens is 1. The van der Waals surface area contributed by atoms with E-state index in [1.54, 1.807) is 23.5 Å². The van der Waals surface area contributed by atoms with Crippen LogP contribution in [0.4, 0.5) is 5.13 Å². The fourth-order valence-corrected chi connectivity index (χ4v) is 3.96. The summed E-state index contributed by atoms with van der Waals surface area (Å²) in [5.74, 6) is 1.94. The zero-order valence-corrected chi connectivity index (χ0v) is 15.6. The van der Waals surface area contributed by atoms with Crippen molar-refractivity contribution in [1.29, 1.82) is 0 Å². The Bertz CT molecular complexity index is 820. The second-order valence-corrected chi connectivity index (χ2v) is 7.48. The van der Waals surface area contributed by atoms with Crippen LogP contribution in [-0.2, 0) is 0 Å². The summed E-state index contributed by atoms with van der Waals surface area (Å²) in [7, 11) is 0. The molecule has 0 radical (unpaired) electrons. The Kier molecular flexibility index (Phi) is 6.12. The Morgan fingerprint density at radius 3 is 2.88 bits per heavy atom.